The number of amides is 1. The van der Waals surface area contributed by atoms with Crippen LogP contribution in [0, 0.1) is 11.8 Å². The minimum atomic E-state index is -0.0510. The number of hydrogen-bond acceptors (Lipinski definition) is 5. The lowest BCUT2D eigenvalue weighted by atomic mass is 9.78. The smallest absolute Gasteiger partial charge is 0.252 e. The Morgan fingerprint density at radius 2 is 1.78 bits per heavy atom. The Labute approximate surface area is 189 Å². The quantitative estimate of drug-likeness (QED) is 0.533. The molecule has 1 heterocycles. The molecule has 3 aromatic rings. The second-order valence-corrected chi connectivity index (χ2v) is 8.61. The van der Waals surface area contributed by atoms with Crippen molar-refractivity contribution < 1.29 is 14.3 Å². The number of pyridine rings is 1. The number of fused-ring (bicyclic) bond motifs is 1. The van der Waals surface area contributed by atoms with Crippen molar-refractivity contribution in [3.8, 4) is 11.5 Å². The maximum atomic E-state index is 13.4. The third kappa shape index (κ3) is 4.49. The predicted octanol–water partition coefficient (Wildman–Crippen LogP) is 5.55. The summed E-state index contributed by atoms with van der Waals surface area (Å²) in [6.07, 6.45) is 3.40. The molecule has 1 amide bonds. The van der Waals surface area contributed by atoms with Crippen molar-refractivity contribution in [3.05, 3.63) is 54.1 Å². The molecule has 1 aromatic heterocycles. The van der Waals surface area contributed by atoms with Crippen molar-refractivity contribution in [3.63, 3.8) is 0 Å². The van der Waals surface area contributed by atoms with Crippen LogP contribution in [0.5, 0.6) is 11.5 Å². The van der Waals surface area contributed by atoms with Crippen molar-refractivity contribution >= 4 is 28.3 Å². The summed E-state index contributed by atoms with van der Waals surface area (Å²) in [6, 6.07) is 15.3. The van der Waals surface area contributed by atoms with E-state index in [1.807, 2.05) is 48.5 Å². The highest BCUT2D eigenvalue weighted by Crippen LogP contribution is 2.32. The van der Waals surface area contributed by atoms with Crippen LogP contribution >= 0.6 is 0 Å². The van der Waals surface area contributed by atoms with E-state index in [1.54, 1.807) is 14.2 Å². The van der Waals surface area contributed by atoms with E-state index in [1.165, 1.54) is 6.42 Å². The predicted molar refractivity (Wildman–Crippen MR) is 128 cm³/mol. The normalized spacial score (nSPS) is 20.6. The van der Waals surface area contributed by atoms with Gasteiger partial charge < -0.3 is 20.1 Å². The van der Waals surface area contributed by atoms with Gasteiger partial charge in [0.15, 0.2) is 11.5 Å². The van der Waals surface area contributed by atoms with Crippen LogP contribution in [-0.4, -0.2) is 31.2 Å². The Hall–Kier alpha value is -3.28. The molecule has 168 valence electrons. The summed E-state index contributed by atoms with van der Waals surface area (Å²) in [4.78, 5) is 18.1. The van der Waals surface area contributed by atoms with Crippen LogP contribution in [-0.2, 0) is 0 Å². The van der Waals surface area contributed by atoms with Crippen molar-refractivity contribution in [1.29, 1.82) is 0 Å². The van der Waals surface area contributed by atoms with Crippen LogP contribution in [0.3, 0.4) is 0 Å². The number of benzene rings is 2. The SMILES string of the molecule is COc1ccc(Nc2cc(C(=O)N[C@@H]3CCC[C@@H](C)[C@H]3C)c3ccccc3n2)cc1OC. The summed E-state index contributed by atoms with van der Waals surface area (Å²) < 4.78 is 10.7. The van der Waals surface area contributed by atoms with E-state index < -0.39 is 0 Å². The molecule has 1 saturated carbocycles. The van der Waals surface area contributed by atoms with Gasteiger partial charge in [-0.05, 0) is 42.5 Å². The highest BCUT2D eigenvalue weighted by atomic mass is 16.5. The fourth-order valence-corrected chi connectivity index (χ4v) is 4.52. The molecular weight excluding hydrogens is 402 g/mol. The van der Waals surface area contributed by atoms with E-state index >= 15 is 0 Å². The van der Waals surface area contributed by atoms with Gasteiger partial charge in [0.1, 0.15) is 5.82 Å². The summed E-state index contributed by atoms with van der Waals surface area (Å²) in [5.74, 6) is 2.91. The Morgan fingerprint density at radius 1 is 1.00 bits per heavy atom. The van der Waals surface area contributed by atoms with E-state index in [4.69, 9.17) is 14.5 Å². The number of carbonyl (C=O) groups is 1. The van der Waals surface area contributed by atoms with Gasteiger partial charge in [0.25, 0.3) is 5.91 Å². The molecule has 32 heavy (non-hydrogen) atoms. The van der Waals surface area contributed by atoms with E-state index in [0.717, 1.165) is 29.4 Å². The molecule has 1 fully saturated rings. The van der Waals surface area contributed by atoms with Crippen molar-refractivity contribution in [2.24, 2.45) is 11.8 Å². The summed E-state index contributed by atoms with van der Waals surface area (Å²) in [5, 5.41) is 7.46. The minimum Gasteiger partial charge on any atom is -0.493 e. The first-order valence-corrected chi connectivity index (χ1v) is 11.2. The molecule has 4 rings (SSSR count). The summed E-state index contributed by atoms with van der Waals surface area (Å²) in [6.45, 7) is 4.51. The summed E-state index contributed by atoms with van der Waals surface area (Å²) >= 11 is 0. The monoisotopic (exact) mass is 433 g/mol. The molecule has 6 nitrogen and oxygen atoms in total. The maximum Gasteiger partial charge on any atom is 0.252 e. The van der Waals surface area contributed by atoms with E-state index in [-0.39, 0.29) is 11.9 Å². The van der Waals surface area contributed by atoms with Crippen LogP contribution in [0.2, 0.25) is 0 Å². The number of nitrogens with one attached hydrogen (secondary N) is 2. The number of methoxy groups -OCH3 is 2. The first kappa shape index (κ1) is 21.9. The molecule has 2 N–H and O–H groups in total. The van der Waals surface area contributed by atoms with Gasteiger partial charge in [-0.25, -0.2) is 4.98 Å². The van der Waals surface area contributed by atoms with Gasteiger partial charge >= 0.3 is 0 Å². The van der Waals surface area contributed by atoms with Crippen molar-refractivity contribution in [2.75, 3.05) is 19.5 Å². The zero-order chi connectivity index (χ0) is 22.7. The third-order valence-electron chi connectivity index (χ3n) is 6.64. The average Bonchev–Trinajstić information content (AvgIpc) is 2.81. The van der Waals surface area contributed by atoms with E-state index in [0.29, 0.717) is 34.7 Å². The van der Waals surface area contributed by atoms with Gasteiger partial charge in [-0.1, -0.05) is 44.9 Å². The Kier molecular flexibility index (Phi) is 6.49. The lowest BCUT2D eigenvalue weighted by Gasteiger charge is -2.34. The fourth-order valence-electron chi connectivity index (χ4n) is 4.52. The number of para-hydroxylation sites is 1. The highest BCUT2D eigenvalue weighted by molar-refractivity contribution is 6.07. The van der Waals surface area contributed by atoms with Gasteiger partial charge in [-0.15, -0.1) is 0 Å². The number of nitrogens with zero attached hydrogens (tertiary/aromatic N) is 1. The molecule has 3 atom stereocenters. The second kappa shape index (κ2) is 9.47. The van der Waals surface area contributed by atoms with Gasteiger partial charge in [0, 0.05) is 23.2 Å². The summed E-state index contributed by atoms with van der Waals surface area (Å²) in [5.41, 5.74) is 2.20. The van der Waals surface area contributed by atoms with Gasteiger partial charge in [0.05, 0.1) is 25.3 Å². The lowest BCUT2D eigenvalue weighted by Crippen LogP contribution is -2.43. The molecule has 6 heteroatoms. The largest absolute Gasteiger partial charge is 0.493 e. The van der Waals surface area contributed by atoms with Crippen molar-refractivity contribution in [1.82, 2.24) is 10.3 Å². The topological polar surface area (TPSA) is 72.5 Å². The van der Waals surface area contributed by atoms with E-state index in [2.05, 4.69) is 24.5 Å². The zero-order valence-corrected chi connectivity index (χ0v) is 19.1. The first-order chi connectivity index (χ1) is 15.5. The minimum absolute atomic E-state index is 0.0510. The molecule has 0 radical (unpaired) electrons. The van der Waals surface area contributed by atoms with Gasteiger partial charge in [-0.2, -0.15) is 0 Å². The van der Waals surface area contributed by atoms with Gasteiger partial charge in [-0.3, -0.25) is 4.79 Å². The van der Waals surface area contributed by atoms with E-state index in [9.17, 15) is 4.79 Å². The number of carbonyl (C=O) groups excluding carboxylic acids is 1. The standard InChI is InChI=1S/C26H31N3O3/c1-16-8-7-11-21(17(16)2)29-26(30)20-15-25(28-22-10-6-5-9-19(20)22)27-18-12-13-23(31-3)24(14-18)32-4/h5-6,9-10,12-17,21H,7-8,11H2,1-4H3,(H,27,28)(H,29,30)/t16-,17-,21-/m1/s1. The Balaban J connectivity index is 1.65. The molecule has 1 aliphatic rings. The van der Waals surface area contributed by atoms with Crippen LogP contribution in [0.1, 0.15) is 43.5 Å². The molecule has 2 aromatic carbocycles. The molecular formula is C26H31N3O3. The lowest BCUT2D eigenvalue weighted by molar-refractivity contribution is 0.0892. The Morgan fingerprint density at radius 3 is 2.56 bits per heavy atom. The maximum absolute atomic E-state index is 13.4. The number of ether oxygens (including phenoxy) is 2. The molecule has 0 aliphatic heterocycles. The highest BCUT2D eigenvalue weighted by Gasteiger charge is 2.29. The molecule has 0 unspecified atom stereocenters. The summed E-state index contributed by atoms with van der Waals surface area (Å²) in [7, 11) is 3.21. The van der Waals surface area contributed by atoms with Crippen LogP contribution in [0.25, 0.3) is 10.9 Å². The fraction of sp³-hybridized carbons (Fsp3) is 0.385. The molecule has 0 bridgehead atoms. The number of rotatable bonds is 6. The third-order valence-corrected chi connectivity index (χ3v) is 6.64. The average molecular weight is 434 g/mol. The van der Waals surface area contributed by atoms with Crippen LogP contribution in [0.4, 0.5) is 11.5 Å². The molecule has 0 saturated heterocycles. The number of anilines is 2. The molecule has 0 spiro atoms. The second-order valence-electron chi connectivity index (χ2n) is 8.61. The van der Waals surface area contributed by atoms with Gasteiger partial charge in [0.2, 0.25) is 0 Å². The van der Waals surface area contributed by atoms with Crippen LogP contribution in [0.15, 0.2) is 48.5 Å². The van der Waals surface area contributed by atoms with Crippen LogP contribution < -0.4 is 20.1 Å². The zero-order valence-electron chi connectivity index (χ0n) is 19.1. The molecule has 1 aliphatic carbocycles. The first-order valence-electron chi connectivity index (χ1n) is 11.2. The van der Waals surface area contributed by atoms with Crippen molar-refractivity contribution in [2.45, 2.75) is 39.2 Å². The number of hydrogen-bond donors (Lipinski definition) is 2. The number of aromatic nitrogens is 1. The Bertz CT molecular complexity index is 1110.